The Morgan fingerprint density at radius 2 is 1.72 bits per heavy atom. The molecule has 0 fully saturated rings. The minimum Gasteiger partial charge on any atom is -0.481 e. The number of hydrogen-bond donors (Lipinski definition) is 1. The number of nitrogens with one attached hydrogen (secondary N) is 1. The summed E-state index contributed by atoms with van der Waals surface area (Å²) in [6.45, 7) is 4.54. The van der Waals surface area contributed by atoms with Gasteiger partial charge < -0.3 is 10.1 Å². The zero-order valence-corrected chi connectivity index (χ0v) is 18.3. The number of benzene rings is 2. The Labute approximate surface area is 173 Å². The number of aryl methyl sites for hydroxylation is 2. The van der Waals surface area contributed by atoms with Gasteiger partial charge in [0.15, 0.2) is 6.10 Å². The molecule has 1 atom stereocenters. The maximum absolute atomic E-state index is 12.4. The van der Waals surface area contributed by atoms with Gasteiger partial charge in [0.2, 0.25) is 10.0 Å². The fraction of sp³-hybridized carbons (Fsp3) is 0.409. The van der Waals surface area contributed by atoms with E-state index in [-0.39, 0.29) is 5.91 Å². The van der Waals surface area contributed by atoms with Crippen molar-refractivity contribution in [3.05, 3.63) is 59.7 Å². The predicted octanol–water partition coefficient (Wildman–Crippen LogP) is 3.30. The molecule has 0 aliphatic rings. The van der Waals surface area contributed by atoms with Gasteiger partial charge in [-0.05, 0) is 56.0 Å². The summed E-state index contributed by atoms with van der Waals surface area (Å²) in [6, 6.07) is 15.1. The summed E-state index contributed by atoms with van der Waals surface area (Å²) in [5.41, 5.74) is 3.03. The molecule has 1 amide bonds. The van der Waals surface area contributed by atoms with E-state index in [1.807, 2.05) is 6.92 Å². The van der Waals surface area contributed by atoms with Crippen LogP contribution < -0.4 is 14.4 Å². The van der Waals surface area contributed by atoms with Gasteiger partial charge in [-0.1, -0.05) is 36.8 Å². The monoisotopic (exact) mass is 418 g/mol. The zero-order chi connectivity index (χ0) is 21.4. The van der Waals surface area contributed by atoms with Crippen LogP contribution in [0.2, 0.25) is 0 Å². The molecule has 0 aliphatic heterocycles. The second-order valence-corrected chi connectivity index (χ2v) is 9.13. The van der Waals surface area contributed by atoms with Crippen LogP contribution in [0.4, 0.5) is 5.69 Å². The quantitative estimate of drug-likeness (QED) is 0.601. The van der Waals surface area contributed by atoms with Crippen LogP contribution in [0.25, 0.3) is 0 Å². The van der Waals surface area contributed by atoms with Gasteiger partial charge in [0, 0.05) is 13.6 Å². The molecule has 7 heteroatoms. The first-order chi connectivity index (χ1) is 13.7. The third-order valence-corrected chi connectivity index (χ3v) is 5.91. The normalized spacial score (nSPS) is 12.3. The molecule has 0 spiro atoms. The molecule has 1 N–H and O–H groups in total. The number of amides is 1. The summed E-state index contributed by atoms with van der Waals surface area (Å²) in [4.78, 5) is 12.4. The fourth-order valence-corrected chi connectivity index (χ4v) is 3.29. The van der Waals surface area contributed by atoms with Crippen molar-refractivity contribution in [2.75, 3.05) is 24.2 Å². The highest BCUT2D eigenvalue weighted by molar-refractivity contribution is 7.92. The fourth-order valence-electron chi connectivity index (χ4n) is 2.79. The number of rotatable bonds is 10. The van der Waals surface area contributed by atoms with Crippen molar-refractivity contribution in [3.63, 3.8) is 0 Å². The standard InChI is InChI=1S/C22H30N2O4S/c1-5-21(22(25)23-16-6-7-18-10-8-17(2)9-11-18)28-20-14-12-19(13-15-20)24(3)29(4,26)27/h8-15,21H,5-7,16H2,1-4H3,(H,23,25). The third-order valence-electron chi connectivity index (χ3n) is 4.70. The van der Waals surface area contributed by atoms with Gasteiger partial charge in [-0.3, -0.25) is 9.10 Å². The lowest BCUT2D eigenvalue weighted by Gasteiger charge is -2.19. The lowest BCUT2D eigenvalue weighted by atomic mass is 10.1. The van der Waals surface area contributed by atoms with E-state index in [9.17, 15) is 13.2 Å². The molecule has 0 bridgehead atoms. The average Bonchev–Trinajstić information content (AvgIpc) is 2.69. The number of carbonyl (C=O) groups excluding carboxylic acids is 1. The molecule has 2 aromatic rings. The Hall–Kier alpha value is -2.54. The van der Waals surface area contributed by atoms with Crippen LogP contribution in [0.5, 0.6) is 5.75 Å². The number of nitrogens with zero attached hydrogens (tertiary/aromatic N) is 1. The predicted molar refractivity (Wildman–Crippen MR) is 117 cm³/mol. The highest BCUT2D eigenvalue weighted by atomic mass is 32.2. The largest absolute Gasteiger partial charge is 0.481 e. The average molecular weight is 419 g/mol. The summed E-state index contributed by atoms with van der Waals surface area (Å²) in [5, 5.41) is 2.93. The molecular weight excluding hydrogens is 388 g/mol. The highest BCUT2D eigenvalue weighted by Crippen LogP contribution is 2.21. The van der Waals surface area contributed by atoms with Gasteiger partial charge >= 0.3 is 0 Å². The van der Waals surface area contributed by atoms with E-state index in [0.29, 0.717) is 24.4 Å². The van der Waals surface area contributed by atoms with Crippen molar-refractivity contribution in [3.8, 4) is 5.75 Å². The molecule has 0 aromatic heterocycles. The van der Waals surface area contributed by atoms with Crippen LogP contribution in [-0.2, 0) is 21.2 Å². The third kappa shape index (κ3) is 7.09. The van der Waals surface area contributed by atoms with E-state index in [0.717, 1.165) is 19.1 Å². The second kappa shape index (κ2) is 10.3. The van der Waals surface area contributed by atoms with Gasteiger partial charge in [-0.15, -0.1) is 0 Å². The zero-order valence-electron chi connectivity index (χ0n) is 17.5. The Balaban J connectivity index is 1.83. The minimum atomic E-state index is -3.32. The molecule has 0 radical (unpaired) electrons. The molecule has 6 nitrogen and oxygen atoms in total. The van der Waals surface area contributed by atoms with E-state index < -0.39 is 16.1 Å². The van der Waals surface area contributed by atoms with Gasteiger partial charge in [0.05, 0.1) is 11.9 Å². The van der Waals surface area contributed by atoms with Crippen molar-refractivity contribution < 1.29 is 17.9 Å². The van der Waals surface area contributed by atoms with Crippen LogP contribution >= 0.6 is 0 Å². The number of hydrogen-bond acceptors (Lipinski definition) is 4. The first-order valence-electron chi connectivity index (χ1n) is 9.74. The molecule has 0 saturated carbocycles. The summed E-state index contributed by atoms with van der Waals surface area (Å²) < 4.78 is 30.2. The Bertz CT molecular complexity index is 893. The van der Waals surface area contributed by atoms with Crippen molar-refractivity contribution in [1.29, 1.82) is 0 Å². The summed E-state index contributed by atoms with van der Waals surface area (Å²) in [5.74, 6) is 0.381. The van der Waals surface area contributed by atoms with E-state index in [1.165, 1.54) is 22.5 Å². The van der Waals surface area contributed by atoms with Gasteiger partial charge in [0.25, 0.3) is 5.91 Å². The smallest absolute Gasteiger partial charge is 0.261 e. The number of sulfonamides is 1. The van der Waals surface area contributed by atoms with Crippen molar-refractivity contribution in [2.45, 2.75) is 39.2 Å². The van der Waals surface area contributed by atoms with Gasteiger partial charge in [0.1, 0.15) is 5.75 Å². The first-order valence-corrected chi connectivity index (χ1v) is 11.6. The maximum atomic E-state index is 12.4. The van der Waals surface area contributed by atoms with Crippen molar-refractivity contribution >= 4 is 21.6 Å². The number of anilines is 1. The second-order valence-electron chi connectivity index (χ2n) is 7.12. The molecule has 0 heterocycles. The van der Waals surface area contributed by atoms with Gasteiger partial charge in [-0.25, -0.2) is 8.42 Å². The Morgan fingerprint density at radius 1 is 1.10 bits per heavy atom. The lowest BCUT2D eigenvalue weighted by Crippen LogP contribution is -2.38. The van der Waals surface area contributed by atoms with E-state index in [4.69, 9.17) is 4.74 Å². The van der Waals surface area contributed by atoms with Crippen molar-refractivity contribution in [2.24, 2.45) is 0 Å². The number of ether oxygens (including phenoxy) is 1. The molecule has 1 unspecified atom stereocenters. The Kier molecular flexibility index (Phi) is 8.08. The summed E-state index contributed by atoms with van der Waals surface area (Å²) >= 11 is 0. The van der Waals surface area contributed by atoms with E-state index in [1.54, 1.807) is 24.3 Å². The van der Waals surface area contributed by atoms with Crippen LogP contribution in [0.15, 0.2) is 48.5 Å². The molecule has 0 saturated heterocycles. The van der Waals surface area contributed by atoms with Crippen LogP contribution in [-0.4, -0.2) is 40.3 Å². The van der Waals surface area contributed by atoms with E-state index >= 15 is 0 Å². The summed E-state index contributed by atoms with van der Waals surface area (Å²) in [7, 11) is -1.83. The van der Waals surface area contributed by atoms with Crippen LogP contribution in [0.1, 0.15) is 30.9 Å². The maximum Gasteiger partial charge on any atom is 0.261 e. The topological polar surface area (TPSA) is 75.7 Å². The summed E-state index contributed by atoms with van der Waals surface area (Å²) in [6.07, 6.45) is 2.86. The molecule has 158 valence electrons. The first kappa shape index (κ1) is 22.7. The minimum absolute atomic E-state index is 0.145. The Morgan fingerprint density at radius 3 is 2.28 bits per heavy atom. The number of carbonyl (C=O) groups is 1. The molecule has 2 rings (SSSR count). The van der Waals surface area contributed by atoms with E-state index in [2.05, 4.69) is 36.5 Å². The molecule has 2 aromatic carbocycles. The SMILES string of the molecule is CCC(Oc1ccc(N(C)S(C)(=O)=O)cc1)C(=O)NCCCc1ccc(C)cc1. The van der Waals surface area contributed by atoms with Crippen LogP contribution in [0.3, 0.4) is 0 Å². The molecule has 29 heavy (non-hydrogen) atoms. The molecule has 0 aliphatic carbocycles. The lowest BCUT2D eigenvalue weighted by molar-refractivity contribution is -0.128. The molecular formula is C22H30N2O4S. The van der Waals surface area contributed by atoms with Gasteiger partial charge in [-0.2, -0.15) is 0 Å². The van der Waals surface area contributed by atoms with Crippen LogP contribution in [0, 0.1) is 6.92 Å². The highest BCUT2D eigenvalue weighted by Gasteiger charge is 2.18. The van der Waals surface area contributed by atoms with Crippen molar-refractivity contribution in [1.82, 2.24) is 5.32 Å².